The summed E-state index contributed by atoms with van der Waals surface area (Å²) >= 11 is 1.50. The third-order valence-corrected chi connectivity index (χ3v) is 5.13. The molecular formula is C22H17N5O2S. The zero-order valence-electron chi connectivity index (χ0n) is 16.0. The van der Waals surface area contributed by atoms with E-state index in [1.54, 1.807) is 30.3 Å². The summed E-state index contributed by atoms with van der Waals surface area (Å²) in [5.74, 6) is -0.0214. The summed E-state index contributed by atoms with van der Waals surface area (Å²) in [5, 5.41) is 16.7. The molecule has 2 aromatic carbocycles. The van der Waals surface area contributed by atoms with Crippen LogP contribution in [0.3, 0.4) is 0 Å². The Morgan fingerprint density at radius 3 is 2.60 bits per heavy atom. The van der Waals surface area contributed by atoms with Gasteiger partial charge in [0.2, 0.25) is 0 Å². The zero-order chi connectivity index (χ0) is 20.9. The first-order chi connectivity index (χ1) is 14.6. The molecule has 0 aliphatic carbocycles. The maximum absolute atomic E-state index is 13.2. The lowest BCUT2D eigenvalue weighted by Gasteiger charge is -2.11. The van der Waals surface area contributed by atoms with Crippen molar-refractivity contribution in [2.24, 2.45) is 0 Å². The number of rotatable bonds is 6. The summed E-state index contributed by atoms with van der Waals surface area (Å²) in [6.45, 7) is 1.48. The molecule has 1 N–H and O–H groups in total. The van der Waals surface area contributed by atoms with E-state index in [0.717, 1.165) is 10.4 Å². The minimum atomic E-state index is -0.395. The van der Waals surface area contributed by atoms with Crippen LogP contribution in [0, 0.1) is 0 Å². The number of carbonyl (C=O) groups excluding carboxylic acids is 2. The Morgan fingerprint density at radius 1 is 1.03 bits per heavy atom. The summed E-state index contributed by atoms with van der Waals surface area (Å²) < 4.78 is 1.42. The molecule has 7 nitrogen and oxygen atoms in total. The van der Waals surface area contributed by atoms with E-state index < -0.39 is 5.91 Å². The van der Waals surface area contributed by atoms with Gasteiger partial charge in [0.25, 0.3) is 5.91 Å². The van der Waals surface area contributed by atoms with E-state index in [9.17, 15) is 9.59 Å². The van der Waals surface area contributed by atoms with Crippen LogP contribution in [0.4, 0.5) is 5.69 Å². The number of carbonyl (C=O) groups is 2. The van der Waals surface area contributed by atoms with E-state index in [-0.39, 0.29) is 11.5 Å². The molecule has 0 atom stereocenters. The smallest absolute Gasteiger partial charge is 0.274 e. The number of tetrazole rings is 1. The van der Waals surface area contributed by atoms with E-state index in [1.807, 2.05) is 47.8 Å². The number of thiophene rings is 1. The fourth-order valence-electron chi connectivity index (χ4n) is 2.86. The highest BCUT2D eigenvalue weighted by atomic mass is 32.1. The summed E-state index contributed by atoms with van der Waals surface area (Å²) in [7, 11) is 0. The summed E-state index contributed by atoms with van der Waals surface area (Å²) in [6.07, 6.45) is 1.73. The molecule has 1 amide bonds. The van der Waals surface area contributed by atoms with Crippen molar-refractivity contribution in [2.45, 2.75) is 6.92 Å². The second-order valence-corrected chi connectivity index (χ2v) is 7.40. The van der Waals surface area contributed by atoms with E-state index >= 15 is 0 Å². The van der Waals surface area contributed by atoms with Crippen molar-refractivity contribution >= 4 is 40.5 Å². The van der Waals surface area contributed by atoms with Crippen LogP contribution in [0.25, 0.3) is 23.2 Å². The van der Waals surface area contributed by atoms with Crippen molar-refractivity contribution in [3.63, 3.8) is 0 Å². The number of nitrogens with zero attached hydrogens (tertiary/aromatic N) is 4. The summed E-state index contributed by atoms with van der Waals surface area (Å²) in [6, 6.07) is 20.0. The first kappa shape index (κ1) is 19.4. The van der Waals surface area contributed by atoms with Crippen LogP contribution < -0.4 is 5.32 Å². The van der Waals surface area contributed by atoms with Gasteiger partial charge >= 0.3 is 0 Å². The van der Waals surface area contributed by atoms with Crippen LogP contribution in [0.5, 0.6) is 0 Å². The molecule has 0 aliphatic rings. The van der Waals surface area contributed by atoms with E-state index in [0.29, 0.717) is 17.1 Å². The lowest BCUT2D eigenvalue weighted by molar-refractivity contribution is -0.111. The second kappa shape index (κ2) is 8.62. The highest BCUT2D eigenvalue weighted by Crippen LogP contribution is 2.23. The van der Waals surface area contributed by atoms with E-state index in [4.69, 9.17) is 0 Å². The molecular weight excluding hydrogens is 398 g/mol. The van der Waals surface area contributed by atoms with Crippen LogP contribution >= 0.6 is 11.3 Å². The lowest BCUT2D eigenvalue weighted by Crippen LogP contribution is -2.19. The van der Waals surface area contributed by atoms with Gasteiger partial charge in [0.1, 0.15) is 5.70 Å². The first-order valence-corrected chi connectivity index (χ1v) is 10.0. The van der Waals surface area contributed by atoms with Gasteiger partial charge in [-0.25, -0.2) is 0 Å². The monoisotopic (exact) mass is 415 g/mol. The molecule has 30 heavy (non-hydrogen) atoms. The average molecular weight is 415 g/mol. The van der Waals surface area contributed by atoms with Crippen LogP contribution in [0.15, 0.2) is 72.1 Å². The fraction of sp³-hybridized carbons (Fsp3) is 0.0455. The Morgan fingerprint density at radius 2 is 1.87 bits per heavy atom. The normalized spacial score (nSPS) is 11.3. The van der Waals surface area contributed by atoms with Gasteiger partial charge in [0.15, 0.2) is 11.6 Å². The van der Waals surface area contributed by atoms with Crippen LogP contribution in [-0.2, 0) is 4.79 Å². The zero-order valence-corrected chi connectivity index (χ0v) is 16.8. The Hall–Kier alpha value is -3.91. The molecule has 0 unspecified atom stereocenters. The quantitative estimate of drug-likeness (QED) is 0.376. The van der Waals surface area contributed by atoms with Crippen molar-refractivity contribution < 1.29 is 9.59 Å². The molecule has 2 heterocycles. The van der Waals surface area contributed by atoms with Crippen molar-refractivity contribution in [3.05, 3.63) is 82.6 Å². The number of hydrogen-bond donors (Lipinski definition) is 1. The van der Waals surface area contributed by atoms with Gasteiger partial charge in [0, 0.05) is 21.7 Å². The number of anilines is 1. The number of benzene rings is 2. The van der Waals surface area contributed by atoms with Gasteiger partial charge in [0.05, 0.1) is 0 Å². The molecule has 8 heteroatoms. The molecule has 4 aromatic rings. The minimum absolute atomic E-state index is 0.0766. The van der Waals surface area contributed by atoms with Gasteiger partial charge in [-0.3, -0.25) is 9.59 Å². The SMILES string of the molecule is CC(=O)c1cccc(NC(=O)/C(=C\c2cccs2)n2nnnc2-c2ccccc2)c1. The first-order valence-electron chi connectivity index (χ1n) is 9.13. The number of Topliss-reactive ketones (excluding diaryl/α,β-unsaturated/α-hetero) is 1. The van der Waals surface area contributed by atoms with Crippen molar-refractivity contribution in [2.75, 3.05) is 5.32 Å². The number of aromatic nitrogens is 4. The standard InChI is InChI=1S/C22H17N5O2S/c1-15(28)17-9-5-10-18(13-17)23-22(29)20(14-19-11-6-12-30-19)27-21(24-25-26-27)16-7-3-2-4-8-16/h2-14H,1H3,(H,23,29)/b20-14+. The molecule has 148 valence electrons. The fourth-order valence-corrected chi connectivity index (χ4v) is 3.51. The molecule has 0 spiro atoms. The number of nitrogens with one attached hydrogen (secondary N) is 1. The van der Waals surface area contributed by atoms with Crippen molar-refractivity contribution in [3.8, 4) is 11.4 Å². The largest absolute Gasteiger partial charge is 0.321 e. The molecule has 0 radical (unpaired) electrons. The van der Waals surface area contributed by atoms with Gasteiger partial charge in [-0.2, -0.15) is 4.68 Å². The topological polar surface area (TPSA) is 89.8 Å². The van der Waals surface area contributed by atoms with Gasteiger partial charge in [-0.1, -0.05) is 48.5 Å². The maximum Gasteiger partial charge on any atom is 0.274 e. The number of ketones is 1. The molecule has 0 saturated heterocycles. The van der Waals surface area contributed by atoms with E-state index in [1.165, 1.54) is 22.9 Å². The molecule has 0 bridgehead atoms. The summed E-state index contributed by atoms with van der Waals surface area (Å²) in [4.78, 5) is 25.8. The lowest BCUT2D eigenvalue weighted by atomic mass is 10.1. The Bertz CT molecular complexity index is 1210. The number of amides is 1. The third-order valence-electron chi connectivity index (χ3n) is 4.31. The highest BCUT2D eigenvalue weighted by molar-refractivity contribution is 7.10. The molecule has 0 saturated carbocycles. The molecule has 2 aromatic heterocycles. The average Bonchev–Trinajstić information content (AvgIpc) is 3.45. The Kier molecular flexibility index (Phi) is 5.58. The minimum Gasteiger partial charge on any atom is -0.321 e. The van der Waals surface area contributed by atoms with Gasteiger partial charge in [-0.05, 0) is 47.0 Å². The Labute approximate surface area is 176 Å². The number of hydrogen-bond acceptors (Lipinski definition) is 6. The van der Waals surface area contributed by atoms with E-state index in [2.05, 4.69) is 20.8 Å². The molecule has 0 aliphatic heterocycles. The Balaban J connectivity index is 1.74. The van der Waals surface area contributed by atoms with Crippen LogP contribution in [-0.4, -0.2) is 31.9 Å². The van der Waals surface area contributed by atoms with Crippen LogP contribution in [0.1, 0.15) is 22.2 Å². The predicted molar refractivity (Wildman–Crippen MR) is 117 cm³/mol. The second-order valence-electron chi connectivity index (χ2n) is 6.42. The molecule has 0 fully saturated rings. The predicted octanol–water partition coefficient (Wildman–Crippen LogP) is 4.24. The highest BCUT2D eigenvalue weighted by Gasteiger charge is 2.20. The third kappa shape index (κ3) is 4.23. The van der Waals surface area contributed by atoms with Crippen LogP contribution in [0.2, 0.25) is 0 Å². The van der Waals surface area contributed by atoms with Crippen molar-refractivity contribution in [1.29, 1.82) is 0 Å². The molecule has 4 rings (SSSR count). The summed E-state index contributed by atoms with van der Waals surface area (Å²) in [5.41, 5.74) is 2.07. The van der Waals surface area contributed by atoms with Gasteiger partial charge in [-0.15, -0.1) is 16.4 Å². The van der Waals surface area contributed by atoms with Gasteiger partial charge < -0.3 is 5.32 Å². The van der Waals surface area contributed by atoms with Crippen molar-refractivity contribution in [1.82, 2.24) is 20.2 Å². The maximum atomic E-state index is 13.2.